The SMILES string of the molecule is CC.CNc1nc(Cl)nc(Cl)c1C. The van der Waals surface area contributed by atoms with E-state index in [0.29, 0.717) is 11.0 Å². The van der Waals surface area contributed by atoms with Crippen LogP contribution in [0.1, 0.15) is 19.4 Å². The lowest BCUT2D eigenvalue weighted by Crippen LogP contribution is -1.98. The molecule has 0 saturated heterocycles. The van der Waals surface area contributed by atoms with Crippen molar-refractivity contribution in [2.24, 2.45) is 0 Å². The van der Waals surface area contributed by atoms with E-state index in [4.69, 9.17) is 23.2 Å². The van der Waals surface area contributed by atoms with Crippen LogP contribution in [0.5, 0.6) is 0 Å². The van der Waals surface area contributed by atoms with Crippen LogP contribution in [0.3, 0.4) is 0 Å². The van der Waals surface area contributed by atoms with Crippen LogP contribution >= 0.6 is 23.2 Å². The Labute approximate surface area is 88.5 Å². The van der Waals surface area contributed by atoms with Crippen LogP contribution in [0, 0.1) is 6.92 Å². The molecule has 0 aliphatic carbocycles. The normalized spacial score (nSPS) is 8.77. The molecule has 0 aliphatic rings. The average molecular weight is 222 g/mol. The molecule has 0 saturated carbocycles. The van der Waals surface area contributed by atoms with Gasteiger partial charge >= 0.3 is 0 Å². The van der Waals surface area contributed by atoms with Gasteiger partial charge in [0.2, 0.25) is 5.28 Å². The van der Waals surface area contributed by atoms with Gasteiger partial charge in [0.05, 0.1) is 0 Å². The molecular weight excluding hydrogens is 209 g/mol. The van der Waals surface area contributed by atoms with Crippen LogP contribution in [-0.4, -0.2) is 17.0 Å². The Morgan fingerprint density at radius 1 is 1.15 bits per heavy atom. The Kier molecular flexibility index (Phi) is 5.75. The minimum Gasteiger partial charge on any atom is -0.373 e. The molecule has 0 unspecified atom stereocenters. The first-order valence-electron chi connectivity index (χ1n) is 4.02. The highest BCUT2D eigenvalue weighted by atomic mass is 35.5. The predicted molar refractivity (Wildman–Crippen MR) is 57.7 cm³/mol. The minimum atomic E-state index is 0.157. The van der Waals surface area contributed by atoms with Crippen LogP contribution in [0.15, 0.2) is 0 Å². The monoisotopic (exact) mass is 221 g/mol. The second kappa shape index (κ2) is 6.00. The maximum atomic E-state index is 5.72. The van der Waals surface area contributed by atoms with Crippen LogP contribution in [0.4, 0.5) is 5.82 Å². The largest absolute Gasteiger partial charge is 0.373 e. The lowest BCUT2D eigenvalue weighted by molar-refractivity contribution is 1.12. The van der Waals surface area contributed by atoms with Crippen molar-refractivity contribution in [2.45, 2.75) is 20.8 Å². The molecule has 1 N–H and O–H groups in total. The summed E-state index contributed by atoms with van der Waals surface area (Å²) in [5, 5.41) is 3.40. The van der Waals surface area contributed by atoms with Crippen molar-refractivity contribution in [3.63, 3.8) is 0 Å². The van der Waals surface area contributed by atoms with Crippen molar-refractivity contribution >= 4 is 29.0 Å². The van der Waals surface area contributed by atoms with Crippen molar-refractivity contribution in [3.05, 3.63) is 16.0 Å². The molecule has 0 radical (unpaired) electrons. The topological polar surface area (TPSA) is 37.8 Å². The average Bonchev–Trinajstić information content (AvgIpc) is 2.14. The van der Waals surface area contributed by atoms with Gasteiger partial charge in [0.15, 0.2) is 0 Å². The molecule has 3 nitrogen and oxygen atoms in total. The third kappa shape index (κ3) is 3.36. The van der Waals surface area contributed by atoms with Gasteiger partial charge in [-0.1, -0.05) is 25.4 Å². The van der Waals surface area contributed by atoms with Gasteiger partial charge in [-0.25, -0.2) is 9.97 Å². The Hall–Kier alpha value is -0.540. The van der Waals surface area contributed by atoms with E-state index in [0.717, 1.165) is 5.56 Å². The van der Waals surface area contributed by atoms with Crippen LogP contribution < -0.4 is 5.32 Å². The molecule has 0 spiro atoms. The third-order valence-corrected chi connectivity index (χ3v) is 1.83. The number of rotatable bonds is 1. The Bertz CT molecular complexity index is 276. The van der Waals surface area contributed by atoms with Crippen molar-refractivity contribution in [1.82, 2.24) is 9.97 Å². The molecule has 1 aromatic rings. The Balaban J connectivity index is 0.000000671. The number of hydrogen-bond acceptors (Lipinski definition) is 3. The molecule has 0 bridgehead atoms. The molecule has 0 aromatic carbocycles. The molecule has 1 rings (SSSR count). The zero-order chi connectivity index (χ0) is 10.4. The number of hydrogen-bond donors (Lipinski definition) is 1. The molecule has 0 fully saturated rings. The quantitative estimate of drug-likeness (QED) is 0.585. The molecule has 1 aromatic heterocycles. The lowest BCUT2D eigenvalue weighted by atomic mass is 10.3. The molecule has 1 heterocycles. The summed E-state index contributed by atoms with van der Waals surface area (Å²) in [6, 6.07) is 0. The number of aromatic nitrogens is 2. The van der Waals surface area contributed by atoms with Gasteiger partial charge in [-0.15, -0.1) is 0 Å². The smallest absolute Gasteiger partial charge is 0.225 e. The van der Waals surface area contributed by atoms with Crippen molar-refractivity contribution in [1.29, 1.82) is 0 Å². The van der Waals surface area contributed by atoms with Gasteiger partial charge in [0, 0.05) is 12.6 Å². The molecule has 13 heavy (non-hydrogen) atoms. The molecule has 0 atom stereocenters. The first-order valence-corrected chi connectivity index (χ1v) is 4.78. The number of anilines is 1. The maximum Gasteiger partial charge on any atom is 0.225 e. The van der Waals surface area contributed by atoms with Gasteiger partial charge in [0.25, 0.3) is 0 Å². The van der Waals surface area contributed by atoms with Crippen LogP contribution in [0.25, 0.3) is 0 Å². The van der Waals surface area contributed by atoms with Gasteiger partial charge in [-0.2, -0.15) is 0 Å². The van der Waals surface area contributed by atoms with E-state index in [9.17, 15) is 0 Å². The fourth-order valence-corrected chi connectivity index (χ4v) is 1.09. The second-order valence-corrected chi connectivity index (χ2v) is 2.70. The molecule has 74 valence electrons. The summed E-state index contributed by atoms with van der Waals surface area (Å²) in [6.45, 7) is 5.82. The summed E-state index contributed by atoms with van der Waals surface area (Å²) in [5.41, 5.74) is 0.804. The van der Waals surface area contributed by atoms with Gasteiger partial charge in [-0.3, -0.25) is 0 Å². The molecule has 5 heteroatoms. The van der Waals surface area contributed by atoms with E-state index >= 15 is 0 Å². The van der Waals surface area contributed by atoms with Crippen molar-refractivity contribution in [3.8, 4) is 0 Å². The fourth-order valence-electron chi connectivity index (χ4n) is 0.707. The standard InChI is InChI=1S/C6H7Cl2N3.C2H6/c1-3-4(7)10-6(8)11-5(3)9-2;1-2/h1-2H3,(H,9,10,11);1-2H3. The number of nitrogens with zero attached hydrogens (tertiary/aromatic N) is 2. The zero-order valence-electron chi connectivity index (χ0n) is 8.15. The maximum absolute atomic E-state index is 5.72. The van der Waals surface area contributed by atoms with Gasteiger partial charge < -0.3 is 5.32 Å². The van der Waals surface area contributed by atoms with Crippen LogP contribution in [0.2, 0.25) is 10.4 Å². The minimum absolute atomic E-state index is 0.157. The zero-order valence-corrected chi connectivity index (χ0v) is 9.66. The van der Waals surface area contributed by atoms with E-state index < -0.39 is 0 Å². The highest BCUT2D eigenvalue weighted by Gasteiger charge is 2.05. The van der Waals surface area contributed by atoms with E-state index in [1.54, 1.807) is 7.05 Å². The van der Waals surface area contributed by atoms with Crippen molar-refractivity contribution in [2.75, 3.05) is 12.4 Å². The lowest BCUT2D eigenvalue weighted by Gasteiger charge is -2.04. The molecule has 0 amide bonds. The van der Waals surface area contributed by atoms with Crippen molar-refractivity contribution < 1.29 is 0 Å². The van der Waals surface area contributed by atoms with E-state index in [1.807, 2.05) is 20.8 Å². The highest BCUT2D eigenvalue weighted by molar-refractivity contribution is 6.32. The summed E-state index contributed by atoms with van der Waals surface area (Å²) in [4.78, 5) is 7.67. The van der Waals surface area contributed by atoms with E-state index in [1.165, 1.54) is 0 Å². The number of halogens is 2. The van der Waals surface area contributed by atoms with E-state index in [2.05, 4.69) is 15.3 Å². The first kappa shape index (κ1) is 12.5. The Morgan fingerprint density at radius 3 is 2.15 bits per heavy atom. The molecular formula is C8H13Cl2N3. The fraction of sp³-hybridized carbons (Fsp3) is 0.500. The third-order valence-electron chi connectivity index (χ3n) is 1.30. The summed E-state index contributed by atoms with van der Waals surface area (Å²) >= 11 is 11.3. The molecule has 0 aliphatic heterocycles. The summed E-state index contributed by atoms with van der Waals surface area (Å²) in [7, 11) is 1.75. The number of nitrogens with one attached hydrogen (secondary N) is 1. The van der Waals surface area contributed by atoms with Gasteiger partial charge in [0.1, 0.15) is 11.0 Å². The second-order valence-electron chi connectivity index (χ2n) is 2.01. The summed E-state index contributed by atoms with van der Waals surface area (Å²) in [6.07, 6.45) is 0. The van der Waals surface area contributed by atoms with Gasteiger partial charge in [-0.05, 0) is 18.5 Å². The summed E-state index contributed by atoms with van der Waals surface area (Å²) in [5.74, 6) is 0.662. The predicted octanol–water partition coefficient (Wildman–Crippen LogP) is 3.16. The first-order chi connectivity index (χ1) is 6.15. The van der Waals surface area contributed by atoms with Crippen LogP contribution in [-0.2, 0) is 0 Å². The highest BCUT2D eigenvalue weighted by Crippen LogP contribution is 2.20. The van der Waals surface area contributed by atoms with E-state index in [-0.39, 0.29) is 5.28 Å². The summed E-state index contributed by atoms with van der Waals surface area (Å²) < 4.78 is 0. The Morgan fingerprint density at radius 2 is 1.69 bits per heavy atom.